The standard InChI is InChI=1S/C15H17NO/c1-12-6-5-7-13(2)15(12)17-11-9-14-8-3-4-10-16-14/h3-8,10H,9,11H2,1-2H3. The summed E-state index contributed by atoms with van der Waals surface area (Å²) in [6, 6.07) is 12.1. The summed E-state index contributed by atoms with van der Waals surface area (Å²) in [5, 5.41) is 0. The molecule has 17 heavy (non-hydrogen) atoms. The van der Waals surface area contributed by atoms with E-state index in [0.717, 1.165) is 17.9 Å². The summed E-state index contributed by atoms with van der Waals surface area (Å²) in [7, 11) is 0. The quantitative estimate of drug-likeness (QED) is 0.799. The zero-order chi connectivity index (χ0) is 12.1. The number of rotatable bonds is 4. The van der Waals surface area contributed by atoms with Crippen LogP contribution >= 0.6 is 0 Å². The summed E-state index contributed by atoms with van der Waals surface area (Å²) in [5.74, 6) is 1.00. The van der Waals surface area contributed by atoms with Crippen molar-refractivity contribution in [3.05, 3.63) is 59.4 Å². The maximum absolute atomic E-state index is 5.83. The fourth-order valence-corrected chi connectivity index (χ4v) is 1.83. The van der Waals surface area contributed by atoms with Gasteiger partial charge in [0, 0.05) is 18.3 Å². The fraction of sp³-hybridized carbons (Fsp3) is 0.267. The van der Waals surface area contributed by atoms with E-state index in [1.165, 1.54) is 11.1 Å². The number of benzene rings is 1. The lowest BCUT2D eigenvalue weighted by Crippen LogP contribution is -2.04. The average molecular weight is 227 g/mol. The van der Waals surface area contributed by atoms with Gasteiger partial charge in [0.05, 0.1) is 6.61 Å². The van der Waals surface area contributed by atoms with E-state index in [0.29, 0.717) is 6.61 Å². The van der Waals surface area contributed by atoms with Crippen LogP contribution in [0.15, 0.2) is 42.6 Å². The summed E-state index contributed by atoms with van der Waals surface area (Å²) < 4.78 is 5.83. The number of ether oxygens (including phenoxy) is 1. The molecule has 0 aliphatic heterocycles. The molecule has 2 rings (SSSR count). The van der Waals surface area contributed by atoms with Crippen molar-refractivity contribution in [2.75, 3.05) is 6.61 Å². The molecule has 0 aliphatic rings. The average Bonchev–Trinajstić information content (AvgIpc) is 2.34. The Morgan fingerprint density at radius 2 is 1.76 bits per heavy atom. The predicted octanol–water partition coefficient (Wildman–Crippen LogP) is 3.32. The van der Waals surface area contributed by atoms with Crippen LogP contribution in [0.4, 0.5) is 0 Å². The molecule has 0 spiro atoms. The summed E-state index contributed by atoms with van der Waals surface area (Å²) in [4.78, 5) is 4.27. The Morgan fingerprint density at radius 3 is 2.41 bits per heavy atom. The minimum atomic E-state index is 0.669. The van der Waals surface area contributed by atoms with Crippen LogP contribution in [0.5, 0.6) is 5.75 Å². The third-order valence-electron chi connectivity index (χ3n) is 2.74. The lowest BCUT2D eigenvalue weighted by Gasteiger charge is -2.11. The Morgan fingerprint density at radius 1 is 1.00 bits per heavy atom. The highest BCUT2D eigenvalue weighted by Gasteiger charge is 2.03. The van der Waals surface area contributed by atoms with Crippen molar-refractivity contribution in [3.8, 4) is 5.75 Å². The number of aryl methyl sites for hydroxylation is 2. The van der Waals surface area contributed by atoms with Gasteiger partial charge in [0.2, 0.25) is 0 Å². The van der Waals surface area contributed by atoms with Gasteiger partial charge in [-0.1, -0.05) is 24.3 Å². The van der Waals surface area contributed by atoms with Crippen LogP contribution in [0.1, 0.15) is 16.8 Å². The van der Waals surface area contributed by atoms with Gasteiger partial charge in [-0.15, -0.1) is 0 Å². The van der Waals surface area contributed by atoms with Crippen LogP contribution < -0.4 is 4.74 Å². The lowest BCUT2D eigenvalue weighted by molar-refractivity contribution is 0.316. The highest BCUT2D eigenvalue weighted by molar-refractivity contribution is 5.39. The van der Waals surface area contributed by atoms with Crippen molar-refractivity contribution < 1.29 is 4.74 Å². The molecule has 0 fully saturated rings. The molecule has 0 N–H and O–H groups in total. The second-order valence-corrected chi connectivity index (χ2v) is 4.14. The molecular formula is C15H17NO. The molecule has 0 radical (unpaired) electrons. The van der Waals surface area contributed by atoms with E-state index in [2.05, 4.69) is 37.0 Å². The topological polar surface area (TPSA) is 22.1 Å². The Hall–Kier alpha value is -1.83. The Kier molecular flexibility index (Phi) is 3.76. The smallest absolute Gasteiger partial charge is 0.125 e. The van der Waals surface area contributed by atoms with Crippen molar-refractivity contribution in [2.24, 2.45) is 0 Å². The Balaban J connectivity index is 1.95. The van der Waals surface area contributed by atoms with Gasteiger partial charge in [-0.3, -0.25) is 4.98 Å². The Bertz CT molecular complexity index is 459. The van der Waals surface area contributed by atoms with Crippen molar-refractivity contribution in [2.45, 2.75) is 20.3 Å². The molecule has 1 aromatic carbocycles. The number of hydrogen-bond donors (Lipinski definition) is 0. The first-order valence-corrected chi connectivity index (χ1v) is 5.86. The molecule has 0 aliphatic carbocycles. The molecule has 0 saturated carbocycles. The van der Waals surface area contributed by atoms with E-state index in [-0.39, 0.29) is 0 Å². The molecule has 0 atom stereocenters. The van der Waals surface area contributed by atoms with Crippen LogP contribution in [0.2, 0.25) is 0 Å². The van der Waals surface area contributed by atoms with Gasteiger partial charge >= 0.3 is 0 Å². The molecule has 2 heteroatoms. The van der Waals surface area contributed by atoms with Crippen LogP contribution in [-0.2, 0) is 6.42 Å². The van der Waals surface area contributed by atoms with Gasteiger partial charge < -0.3 is 4.74 Å². The van der Waals surface area contributed by atoms with Gasteiger partial charge in [0.25, 0.3) is 0 Å². The van der Waals surface area contributed by atoms with Crippen LogP contribution in [-0.4, -0.2) is 11.6 Å². The molecule has 1 heterocycles. The number of para-hydroxylation sites is 1. The first kappa shape index (κ1) is 11.6. The van der Waals surface area contributed by atoms with Gasteiger partial charge in [0.1, 0.15) is 5.75 Å². The minimum Gasteiger partial charge on any atom is -0.493 e. The molecule has 0 unspecified atom stereocenters. The molecule has 2 aromatic rings. The molecule has 0 bridgehead atoms. The van der Waals surface area contributed by atoms with Crippen molar-refractivity contribution in [1.82, 2.24) is 4.98 Å². The van der Waals surface area contributed by atoms with E-state index in [4.69, 9.17) is 4.74 Å². The van der Waals surface area contributed by atoms with Crippen molar-refractivity contribution in [3.63, 3.8) is 0 Å². The van der Waals surface area contributed by atoms with Crippen molar-refractivity contribution in [1.29, 1.82) is 0 Å². The number of pyridine rings is 1. The van der Waals surface area contributed by atoms with Crippen molar-refractivity contribution >= 4 is 0 Å². The van der Waals surface area contributed by atoms with Gasteiger partial charge in [0.15, 0.2) is 0 Å². The number of hydrogen-bond acceptors (Lipinski definition) is 2. The molecule has 2 nitrogen and oxygen atoms in total. The lowest BCUT2D eigenvalue weighted by atomic mass is 10.1. The van der Waals surface area contributed by atoms with Crippen LogP contribution in [0, 0.1) is 13.8 Å². The van der Waals surface area contributed by atoms with E-state index in [9.17, 15) is 0 Å². The SMILES string of the molecule is Cc1cccc(C)c1OCCc1ccccn1. The van der Waals surface area contributed by atoms with E-state index in [1.807, 2.05) is 24.4 Å². The number of aromatic nitrogens is 1. The molecular weight excluding hydrogens is 210 g/mol. The fourth-order valence-electron chi connectivity index (χ4n) is 1.83. The van der Waals surface area contributed by atoms with Gasteiger partial charge in [-0.05, 0) is 37.1 Å². The van der Waals surface area contributed by atoms with Crippen LogP contribution in [0.3, 0.4) is 0 Å². The summed E-state index contributed by atoms with van der Waals surface area (Å²) in [6.45, 7) is 4.81. The second kappa shape index (κ2) is 5.48. The minimum absolute atomic E-state index is 0.669. The second-order valence-electron chi connectivity index (χ2n) is 4.14. The normalized spacial score (nSPS) is 10.2. The largest absolute Gasteiger partial charge is 0.493 e. The summed E-state index contributed by atoms with van der Waals surface area (Å²) >= 11 is 0. The van der Waals surface area contributed by atoms with Gasteiger partial charge in [-0.2, -0.15) is 0 Å². The zero-order valence-corrected chi connectivity index (χ0v) is 10.3. The van der Waals surface area contributed by atoms with Gasteiger partial charge in [-0.25, -0.2) is 0 Å². The molecule has 1 aromatic heterocycles. The maximum atomic E-state index is 5.83. The predicted molar refractivity (Wildman–Crippen MR) is 69.4 cm³/mol. The van der Waals surface area contributed by atoms with E-state index in [1.54, 1.807) is 0 Å². The van der Waals surface area contributed by atoms with Crippen LogP contribution in [0.25, 0.3) is 0 Å². The third kappa shape index (κ3) is 3.06. The third-order valence-corrected chi connectivity index (χ3v) is 2.74. The maximum Gasteiger partial charge on any atom is 0.125 e. The Labute approximate surface area is 102 Å². The molecule has 0 saturated heterocycles. The summed E-state index contributed by atoms with van der Waals surface area (Å²) in [6.07, 6.45) is 2.66. The molecule has 0 amide bonds. The molecule has 88 valence electrons. The zero-order valence-electron chi connectivity index (χ0n) is 10.3. The highest BCUT2D eigenvalue weighted by atomic mass is 16.5. The number of nitrogens with zero attached hydrogens (tertiary/aromatic N) is 1. The first-order valence-electron chi connectivity index (χ1n) is 5.86. The summed E-state index contributed by atoms with van der Waals surface area (Å²) in [5.41, 5.74) is 3.44. The monoisotopic (exact) mass is 227 g/mol. The van der Waals surface area contributed by atoms with E-state index < -0.39 is 0 Å². The van der Waals surface area contributed by atoms with E-state index >= 15 is 0 Å². The first-order chi connectivity index (χ1) is 8.27. The highest BCUT2D eigenvalue weighted by Crippen LogP contribution is 2.22.